The van der Waals surface area contributed by atoms with Gasteiger partial charge in [-0.3, -0.25) is 4.79 Å². The summed E-state index contributed by atoms with van der Waals surface area (Å²) in [6.45, 7) is 6.20. The first kappa shape index (κ1) is 17.0. The summed E-state index contributed by atoms with van der Waals surface area (Å²) in [4.78, 5) is 12.2. The second-order valence-corrected chi connectivity index (χ2v) is 7.54. The highest BCUT2D eigenvalue weighted by molar-refractivity contribution is 7.99. The van der Waals surface area contributed by atoms with Crippen LogP contribution in [0.4, 0.5) is 0 Å². The zero-order chi connectivity index (χ0) is 17.3. The number of benzene rings is 1. The predicted octanol–water partition coefficient (Wildman–Crippen LogP) is 3.28. The van der Waals surface area contributed by atoms with Crippen LogP contribution in [0.5, 0.6) is 0 Å². The molecule has 0 aliphatic heterocycles. The fourth-order valence-electron chi connectivity index (χ4n) is 2.68. The van der Waals surface area contributed by atoms with E-state index in [1.807, 2.05) is 18.5 Å². The van der Waals surface area contributed by atoms with Crippen LogP contribution in [0.1, 0.15) is 54.2 Å². The van der Waals surface area contributed by atoms with Gasteiger partial charge in [0.2, 0.25) is 5.91 Å². The molecule has 6 heteroatoms. The lowest BCUT2D eigenvalue weighted by Gasteiger charge is -2.15. The number of rotatable bonds is 6. The fourth-order valence-corrected chi connectivity index (χ4v) is 3.41. The number of hydrogen-bond donors (Lipinski definition) is 1. The Kier molecular flexibility index (Phi) is 4.94. The molecule has 1 aliphatic carbocycles. The van der Waals surface area contributed by atoms with Crippen molar-refractivity contribution in [1.82, 2.24) is 20.1 Å². The first-order chi connectivity index (χ1) is 11.5. The number of carbonyl (C=O) groups is 1. The third-order valence-electron chi connectivity index (χ3n) is 4.55. The van der Waals surface area contributed by atoms with E-state index in [2.05, 4.69) is 47.6 Å². The van der Waals surface area contributed by atoms with Crippen molar-refractivity contribution in [1.29, 1.82) is 0 Å². The van der Waals surface area contributed by atoms with Crippen LogP contribution >= 0.6 is 11.8 Å². The van der Waals surface area contributed by atoms with Gasteiger partial charge in [0, 0.05) is 13.0 Å². The molecule has 1 heterocycles. The van der Waals surface area contributed by atoms with Gasteiger partial charge in [-0.25, -0.2) is 0 Å². The normalized spacial score (nSPS) is 15.3. The number of aromatic nitrogens is 3. The van der Waals surface area contributed by atoms with E-state index in [1.54, 1.807) is 0 Å². The monoisotopic (exact) mass is 344 g/mol. The number of aryl methyl sites for hydroxylation is 2. The summed E-state index contributed by atoms with van der Waals surface area (Å²) in [6, 6.07) is 6.31. The summed E-state index contributed by atoms with van der Waals surface area (Å²) in [7, 11) is 1.98. The van der Waals surface area contributed by atoms with Crippen LogP contribution in [0.2, 0.25) is 0 Å². The van der Waals surface area contributed by atoms with Crippen LogP contribution in [-0.2, 0) is 11.8 Å². The van der Waals surface area contributed by atoms with E-state index in [4.69, 9.17) is 0 Å². The molecule has 0 saturated heterocycles. The third-order valence-corrected chi connectivity index (χ3v) is 5.57. The van der Waals surface area contributed by atoms with Crippen LogP contribution < -0.4 is 5.32 Å². The number of nitrogens with zero attached hydrogens (tertiary/aromatic N) is 3. The van der Waals surface area contributed by atoms with Gasteiger partial charge in [-0.2, -0.15) is 0 Å². The molecule has 1 aromatic heterocycles. The van der Waals surface area contributed by atoms with Crippen molar-refractivity contribution in [2.75, 3.05) is 5.75 Å². The Balaban J connectivity index is 1.54. The Hall–Kier alpha value is -1.82. The molecule has 0 spiro atoms. The van der Waals surface area contributed by atoms with Crippen LogP contribution in [0.25, 0.3) is 0 Å². The number of amides is 1. The highest BCUT2D eigenvalue weighted by atomic mass is 32.2. The molecule has 0 unspecified atom stereocenters. The minimum Gasteiger partial charge on any atom is -0.349 e. The second kappa shape index (κ2) is 6.97. The predicted molar refractivity (Wildman–Crippen MR) is 96.2 cm³/mol. The highest BCUT2D eigenvalue weighted by Crippen LogP contribution is 2.39. The third kappa shape index (κ3) is 3.80. The summed E-state index contributed by atoms with van der Waals surface area (Å²) < 4.78 is 2.02. The summed E-state index contributed by atoms with van der Waals surface area (Å²) in [6.07, 6.45) is 2.40. The van der Waals surface area contributed by atoms with Crippen molar-refractivity contribution in [3.63, 3.8) is 0 Å². The molecule has 1 aliphatic rings. The summed E-state index contributed by atoms with van der Waals surface area (Å²) in [5, 5.41) is 12.3. The lowest BCUT2D eigenvalue weighted by Crippen LogP contribution is -2.28. The number of nitrogens with one attached hydrogen (secondary N) is 1. The van der Waals surface area contributed by atoms with Gasteiger partial charge in [-0.05, 0) is 50.3 Å². The molecule has 0 radical (unpaired) electrons. The van der Waals surface area contributed by atoms with Gasteiger partial charge in [0.25, 0.3) is 0 Å². The van der Waals surface area contributed by atoms with Crippen molar-refractivity contribution in [3.8, 4) is 0 Å². The lowest BCUT2D eigenvalue weighted by molar-refractivity contribution is -0.119. The minimum absolute atomic E-state index is 0.000999. The van der Waals surface area contributed by atoms with Crippen molar-refractivity contribution >= 4 is 17.7 Å². The maximum Gasteiger partial charge on any atom is 0.230 e. The van der Waals surface area contributed by atoms with Crippen molar-refractivity contribution in [3.05, 3.63) is 40.7 Å². The van der Waals surface area contributed by atoms with E-state index in [-0.39, 0.29) is 11.9 Å². The van der Waals surface area contributed by atoms with Crippen LogP contribution in [0.15, 0.2) is 23.4 Å². The van der Waals surface area contributed by atoms with E-state index in [0.717, 1.165) is 16.5 Å². The summed E-state index contributed by atoms with van der Waals surface area (Å²) in [5.41, 5.74) is 3.64. The first-order valence-corrected chi connectivity index (χ1v) is 9.33. The van der Waals surface area contributed by atoms with Crippen molar-refractivity contribution < 1.29 is 4.79 Å². The van der Waals surface area contributed by atoms with Crippen LogP contribution in [-0.4, -0.2) is 26.4 Å². The molecule has 1 fully saturated rings. The number of carbonyl (C=O) groups excluding carboxylic acids is 1. The average Bonchev–Trinajstić information content (AvgIpc) is 3.32. The van der Waals surface area contributed by atoms with Gasteiger partial charge < -0.3 is 9.88 Å². The molecular weight excluding hydrogens is 320 g/mol. The average molecular weight is 344 g/mol. The molecule has 5 nitrogen and oxygen atoms in total. The van der Waals surface area contributed by atoms with Crippen molar-refractivity contribution in [2.45, 2.75) is 50.7 Å². The Bertz CT molecular complexity index is 751. The van der Waals surface area contributed by atoms with Gasteiger partial charge in [0.1, 0.15) is 5.82 Å². The minimum atomic E-state index is -0.000999. The maximum absolute atomic E-state index is 12.2. The molecule has 2 aromatic rings. The van der Waals surface area contributed by atoms with Crippen LogP contribution in [0.3, 0.4) is 0 Å². The summed E-state index contributed by atoms with van der Waals surface area (Å²) >= 11 is 1.44. The van der Waals surface area contributed by atoms with Gasteiger partial charge in [0.05, 0.1) is 11.8 Å². The van der Waals surface area contributed by atoms with Gasteiger partial charge in [-0.15, -0.1) is 10.2 Å². The fraction of sp³-hybridized carbons (Fsp3) is 0.500. The topological polar surface area (TPSA) is 59.8 Å². The second-order valence-electron chi connectivity index (χ2n) is 6.60. The Morgan fingerprint density at radius 1 is 1.33 bits per heavy atom. The summed E-state index contributed by atoms with van der Waals surface area (Å²) in [5.74, 6) is 1.98. The standard InChI is InChI=1S/C18H24N4OS/c1-11-5-6-15(9-12(11)2)13(3)19-16(23)10-24-18-21-20-17(22(18)4)14-7-8-14/h5-6,9,13-14H,7-8,10H2,1-4H3,(H,19,23)/t13-/m0/s1. The largest absolute Gasteiger partial charge is 0.349 e. The number of thioether (sulfide) groups is 1. The molecule has 1 amide bonds. The van der Waals surface area contributed by atoms with E-state index in [1.165, 1.54) is 35.7 Å². The smallest absolute Gasteiger partial charge is 0.230 e. The molecule has 24 heavy (non-hydrogen) atoms. The van der Waals surface area contributed by atoms with Crippen LogP contribution in [0, 0.1) is 13.8 Å². The van der Waals surface area contributed by atoms with E-state index in [9.17, 15) is 4.79 Å². The molecular formula is C18H24N4OS. The zero-order valence-electron chi connectivity index (χ0n) is 14.7. The number of hydrogen-bond acceptors (Lipinski definition) is 4. The first-order valence-electron chi connectivity index (χ1n) is 8.34. The molecule has 1 saturated carbocycles. The molecule has 128 valence electrons. The molecule has 0 bridgehead atoms. The Morgan fingerprint density at radius 2 is 2.08 bits per heavy atom. The van der Waals surface area contributed by atoms with Crippen molar-refractivity contribution in [2.24, 2.45) is 7.05 Å². The quantitative estimate of drug-likeness (QED) is 0.817. The van der Waals surface area contributed by atoms with E-state index < -0.39 is 0 Å². The maximum atomic E-state index is 12.2. The molecule has 1 atom stereocenters. The van der Waals surface area contributed by atoms with Gasteiger partial charge in [-0.1, -0.05) is 30.0 Å². The van der Waals surface area contributed by atoms with E-state index >= 15 is 0 Å². The molecule has 1 N–H and O–H groups in total. The molecule has 3 rings (SSSR count). The lowest BCUT2D eigenvalue weighted by atomic mass is 10.0. The Morgan fingerprint density at radius 3 is 2.75 bits per heavy atom. The SMILES string of the molecule is Cc1ccc([C@H](C)NC(=O)CSc2nnc(C3CC3)n2C)cc1C. The molecule has 1 aromatic carbocycles. The van der Waals surface area contributed by atoms with E-state index in [0.29, 0.717) is 11.7 Å². The Labute approximate surface area is 147 Å². The highest BCUT2D eigenvalue weighted by Gasteiger charge is 2.29. The zero-order valence-corrected chi connectivity index (χ0v) is 15.5. The van der Waals surface area contributed by atoms with Gasteiger partial charge >= 0.3 is 0 Å². The van der Waals surface area contributed by atoms with Gasteiger partial charge in [0.15, 0.2) is 5.16 Å².